The number of aromatic hydroxyl groups is 1. The number of H-pyrrole nitrogens is 1. The molecule has 7 nitrogen and oxygen atoms in total. The fraction of sp³-hybridized carbons (Fsp3) is 0.143. The number of hydrogen-bond acceptors (Lipinski definition) is 5. The summed E-state index contributed by atoms with van der Waals surface area (Å²) in [6.45, 7) is 4.07. The summed E-state index contributed by atoms with van der Waals surface area (Å²) in [4.78, 5) is 28.4. The van der Waals surface area contributed by atoms with Crippen LogP contribution in [-0.2, 0) is 0 Å². The predicted molar refractivity (Wildman–Crippen MR) is 136 cm³/mol. The van der Waals surface area contributed by atoms with Gasteiger partial charge in [0.05, 0.1) is 25.6 Å². The second-order valence-electron chi connectivity index (χ2n) is 8.16. The molecular formula is C28H26N2O5. The number of allylic oxidation sites excluding steroid dienone is 1. The van der Waals surface area contributed by atoms with Crippen molar-refractivity contribution in [1.29, 1.82) is 0 Å². The first-order chi connectivity index (χ1) is 16.8. The van der Waals surface area contributed by atoms with Crippen molar-refractivity contribution >= 4 is 11.9 Å². The molecule has 0 fully saturated rings. The number of carbonyl (C=O) groups is 1. The van der Waals surface area contributed by atoms with Crippen LogP contribution in [0.25, 0.3) is 23.0 Å². The number of phenolic OH excluding ortho intramolecular Hbond substituents is 1. The monoisotopic (exact) mass is 470 g/mol. The molecule has 0 spiro atoms. The van der Waals surface area contributed by atoms with E-state index in [1.807, 2.05) is 32.0 Å². The zero-order valence-corrected chi connectivity index (χ0v) is 20.0. The zero-order valence-electron chi connectivity index (χ0n) is 20.0. The standard InChI is InChI=1S/C28H26N2O5/c1-17-8-10-20(12-18(17)2)23-16-30(28(33)29-23)22-7-5-6-21(15-22)24(31)11-9-19-13-25(34-3)27(32)26(14-19)35-4/h5-16,32H,1-4H3,(H,29,33)/b11-9+. The molecule has 1 heterocycles. The lowest BCUT2D eigenvalue weighted by molar-refractivity contribution is 0.104. The summed E-state index contributed by atoms with van der Waals surface area (Å²) in [5.74, 6) is 0.133. The number of aryl methyl sites for hydroxylation is 2. The molecule has 0 aliphatic rings. The number of carbonyl (C=O) groups excluding carboxylic acids is 1. The summed E-state index contributed by atoms with van der Waals surface area (Å²) in [5.41, 5.74) is 5.27. The van der Waals surface area contributed by atoms with Crippen molar-refractivity contribution in [1.82, 2.24) is 9.55 Å². The van der Waals surface area contributed by atoms with Gasteiger partial charge < -0.3 is 19.6 Å². The van der Waals surface area contributed by atoms with Gasteiger partial charge in [-0.1, -0.05) is 30.3 Å². The van der Waals surface area contributed by atoms with E-state index < -0.39 is 0 Å². The van der Waals surface area contributed by atoms with Gasteiger partial charge in [-0.05, 0) is 72.5 Å². The van der Waals surface area contributed by atoms with Crippen LogP contribution in [0.2, 0.25) is 0 Å². The molecule has 0 amide bonds. The molecule has 0 saturated carbocycles. The van der Waals surface area contributed by atoms with Crippen molar-refractivity contribution in [2.24, 2.45) is 0 Å². The van der Waals surface area contributed by atoms with Gasteiger partial charge in [0.15, 0.2) is 17.3 Å². The predicted octanol–water partition coefficient (Wildman–Crippen LogP) is 5.07. The number of nitrogens with one attached hydrogen (secondary N) is 1. The zero-order chi connectivity index (χ0) is 25.1. The molecular weight excluding hydrogens is 444 g/mol. The number of ketones is 1. The number of nitrogens with zero attached hydrogens (tertiary/aromatic N) is 1. The minimum atomic E-state index is -0.290. The van der Waals surface area contributed by atoms with Crippen LogP contribution in [0.5, 0.6) is 17.2 Å². The van der Waals surface area contributed by atoms with E-state index >= 15 is 0 Å². The summed E-state index contributed by atoms with van der Waals surface area (Å²) in [7, 11) is 2.87. The van der Waals surface area contributed by atoms with E-state index in [4.69, 9.17) is 9.47 Å². The molecule has 3 aromatic carbocycles. The normalized spacial score (nSPS) is 11.1. The van der Waals surface area contributed by atoms with Crippen LogP contribution >= 0.6 is 0 Å². The molecule has 0 bridgehead atoms. The van der Waals surface area contributed by atoms with Crippen LogP contribution in [0, 0.1) is 13.8 Å². The van der Waals surface area contributed by atoms with Crippen LogP contribution in [0.3, 0.4) is 0 Å². The molecule has 0 saturated heterocycles. The van der Waals surface area contributed by atoms with Crippen LogP contribution in [0.1, 0.15) is 27.0 Å². The molecule has 0 radical (unpaired) electrons. The number of ether oxygens (including phenoxy) is 2. The smallest absolute Gasteiger partial charge is 0.330 e. The van der Waals surface area contributed by atoms with Crippen LogP contribution in [-0.4, -0.2) is 34.7 Å². The molecule has 7 heteroatoms. The van der Waals surface area contributed by atoms with E-state index in [1.165, 1.54) is 30.4 Å². The number of aromatic amines is 1. The van der Waals surface area contributed by atoms with E-state index in [0.717, 1.165) is 11.1 Å². The lowest BCUT2D eigenvalue weighted by Crippen LogP contribution is -2.14. The molecule has 0 aliphatic carbocycles. The number of phenols is 1. The Kier molecular flexibility index (Phi) is 6.59. The molecule has 0 unspecified atom stereocenters. The Morgan fingerprint density at radius 3 is 2.34 bits per heavy atom. The number of imidazole rings is 1. The van der Waals surface area contributed by atoms with E-state index in [1.54, 1.807) is 48.7 Å². The molecule has 0 aliphatic heterocycles. The maximum Gasteiger partial charge on any atom is 0.330 e. The maximum absolute atomic E-state index is 12.9. The van der Waals surface area contributed by atoms with Crippen molar-refractivity contribution in [2.45, 2.75) is 13.8 Å². The topological polar surface area (TPSA) is 93.6 Å². The number of aromatic nitrogens is 2. The van der Waals surface area contributed by atoms with Gasteiger partial charge in [-0.15, -0.1) is 0 Å². The quantitative estimate of drug-likeness (QED) is 0.291. The third-order valence-corrected chi connectivity index (χ3v) is 5.87. The van der Waals surface area contributed by atoms with Crippen molar-refractivity contribution in [3.8, 4) is 34.2 Å². The molecule has 1 aromatic heterocycles. The van der Waals surface area contributed by atoms with Gasteiger partial charge in [-0.3, -0.25) is 9.36 Å². The summed E-state index contributed by atoms with van der Waals surface area (Å²) >= 11 is 0. The fourth-order valence-corrected chi connectivity index (χ4v) is 3.73. The van der Waals surface area contributed by atoms with Gasteiger partial charge in [0.2, 0.25) is 5.75 Å². The second-order valence-corrected chi connectivity index (χ2v) is 8.16. The van der Waals surface area contributed by atoms with E-state index in [0.29, 0.717) is 22.5 Å². The summed E-state index contributed by atoms with van der Waals surface area (Å²) in [6.07, 6.45) is 4.77. The van der Waals surface area contributed by atoms with E-state index in [-0.39, 0.29) is 28.7 Å². The van der Waals surface area contributed by atoms with Gasteiger partial charge in [-0.2, -0.15) is 0 Å². The Hall–Kier alpha value is -4.52. The Balaban J connectivity index is 1.61. The minimum Gasteiger partial charge on any atom is -0.502 e. The van der Waals surface area contributed by atoms with Crippen molar-refractivity contribution < 1.29 is 19.4 Å². The molecule has 35 heavy (non-hydrogen) atoms. The van der Waals surface area contributed by atoms with Gasteiger partial charge in [0.1, 0.15) is 0 Å². The van der Waals surface area contributed by atoms with Crippen LogP contribution < -0.4 is 15.2 Å². The first-order valence-corrected chi connectivity index (χ1v) is 11.0. The van der Waals surface area contributed by atoms with E-state index in [2.05, 4.69) is 4.98 Å². The largest absolute Gasteiger partial charge is 0.502 e. The van der Waals surface area contributed by atoms with Gasteiger partial charge >= 0.3 is 5.69 Å². The molecule has 178 valence electrons. The Morgan fingerprint density at radius 2 is 1.69 bits per heavy atom. The third-order valence-electron chi connectivity index (χ3n) is 5.87. The SMILES string of the molecule is COc1cc(/C=C/C(=O)c2cccc(-n3cc(-c4ccc(C)c(C)c4)[nH]c3=O)c2)cc(OC)c1O. The fourth-order valence-electron chi connectivity index (χ4n) is 3.73. The van der Waals surface area contributed by atoms with Crippen molar-refractivity contribution in [2.75, 3.05) is 14.2 Å². The molecule has 0 atom stereocenters. The first-order valence-electron chi connectivity index (χ1n) is 11.0. The number of hydrogen-bond donors (Lipinski definition) is 2. The molecule has 4 aromatic rings. The highest BCUT2D eigenvalue weighted by molar-refractivity contribution is 6.07. The summed E-state index contributed by atoms with van der Waals surface area (Å²) in [5, 5.41) is 10.1. The highest BCUT2D eigenvalue weighted by atomic mass is 16.5. The van der Waals surface area contributed by atoms with Crippen molar-refractivity contribution in [3.63, 3.8) is 0 Å². The van der Waals surface area contributed by atoms with Gasteiger partial charge in [0, 0.05) is 11.8 Å². The highest BCUT2D eigenvalue weighted by Crippen LogP contribution is 2.37. The number of rotatable bonds is 7. The second kappa shape index (κ2) is 9.77. The van der Waals surface area contributed by atoms with Crippen molar-refractivity contribution in [3.05, 3.63) is 99.6 Å². The summed E-state index contributed by atoms with van der Waals surface area (Å²) in [6, 6.07) is 16.1. The number of methoxy groups -OCH3 is 2. The third kappa shape index (κ3) is 4.89. The minimum absolute atomic E-state index is 0.108. The average Bonchev–Trinajstić information content (AvgIpc) is 3.26. The maximum atomic E-state index is 12.9. The first kappa shape index (κ1) is 23.6. The number of benzene rings is 3. The Morgan fingerprint density at radius 1 is 0.971 bits per heavy atom. The highest BCUT2D eigenvalue weighted by Gasteiger charge is 2.12. The Labute approximate surface area is 202 Å². The summed E-state index contributed by atoms with van der Waals surface area (Å²) < 4.78 is 11.8. The van der Waals surface area contributed by atoms with Crippen LogP contribution in [0.15, 0.2) is 71.7 Å². The average molecular weight is 471 g/mol. The Bertz CT molecular complexity index is 1470. The lowest BCUT2D eigenvalue weighted by atomic mass is 10.0. The lowest BCUT2D eigenvalue weighted by Gasteiger charge is -2.09. The van der Waals surface area contributed by atoms with Gasteiger partial charge in [0.25, 0.3) is 0 Å². The van der Waals surface area contributed by atoms with Gasteiger partial charge in [-0.25, -0.2) is 4.79 Å². The van der Waals surface area contributed by atoms with E-state index in [9.17, 15) is 14.7 Å². The van der Waals surface area contributed by atoms with Crippen LogP contribution in [0.4, 0.5) is 0 Å². The molecule has 2 N–H and O–H groups in total. The molecule has 4 rings (SSSR count).